The lowest BCUT2D eigenvalue weighted by atomic mass is 10.2. The topological polar surface area (TPSA) is 70.1 Å². The van der Waals surface area contributed by atoms with Crippen molar-refractivity contribution in [1.82, 2.24) is 9.55 Å². The van der Waals surface area contributed by atoms with E-state index in [1.807, 2.05) is 6.92 Å². The summed E-state index contributed by atoms with van der Waals surface area (Å²) >= 11 is 0. The van der Waals surface area contributed by atoms with Crippen LogP contribution in [0.25, 0.3) is 0 Å². The highest BCUT2D eigenvalue weighted by molar-refractivity contribution is 5.53. The van der Waals surface area contributed by atoms with Gasteiger partial charge in [0, 0.05) is 29.7 Å². The number of nitrogen functional groups attached to an aromatic ring is 1. The van der Waals surface area contributed by atoms with E-state index in [1.165, 1.54) is 0 Å². The van der Waals surface area contributed by atoms with Gasteiger partial charge in [-0.3, -0.25) is 4.79 Å². The fourth-order valence-electron chi connectivity index (χ4n) is 1.96. The molecule has 1 aliphatic carbocycles. The first kappa shape index (κ1) is 11.8. The molecule has 19 heavy (non-hydrogen) atoms. The van der Waals surface area contributed by atoms with Crippen molar-refractivity contribution in [1.29, 1.82) is 0 Å². The van der Waals surface area contributed by atoms with Crippen molar-refractivity contribution < 1.29 is 4.74 Å². The van der Waals surface area contributed by atoms with E-state index >= 15 is 0 Å². The molecule has 1 saturated carbocycles. The van der Waals surface area contributed by atoms with E-state index in [0.29, 0.717) is 17.5 Å². The summed E-state index contributed by atoms with van der Waals surface area (Å²) in [5.74, 6) is 0.668. The number of rotatable bonds is 3. The molecule has 0 bridgehead atoms. The van der Waals surface area contributed by atoms with Gasteiger partial charge in [0.2, 0.25) is 0 Å². The first-order valence-electron chi connectivity index (χ1n) is 6.27. The molecule has 3 rings (SSSR count). The predicted octanol–water partition coefficient (Wildman–Crippen LogP) is 2.26. The first-order valence-corrected chi connectivity index (χ1v) is 6.27. The fourth-order valence-corrected chi connectivity index (χ4v) is 1.96. The predicted molar refractivity (Wildman–Crippen MR) is 72.4 cm³/mol. The quantitative estimate of drug-likeness (QED) is 0.856. The third-order valence-electron chi connectivity index (χ3n) is 3.31. The molecule has 1 aliphatic rings. The second kappa shape index (κ2) is 4.42. The Morgan fingerprint density at radius 1 is 1.42 bits per heavy atom. The van der Waals surface area contributed by atoms with Crippen molar-refractivity contribution in [3.05, 3.63) is 46.5 Å². The van der Waals surface area contributed by atoms with Gasteiger partial charge in [-0.2, -0.15) is 0 Å². The Hall–Kier alpha value is -2.30. The highest BCUT2D eigenvalue weighted by Gasteiger charge is 2.25. The van der Waals surface area contributed by atoms with E-state index in [-0.39, 0.29) is 11.4 Å². The summed E-state index contributed by atoms with van der Waals surface area (Å²) in [7, 11) is 0. The maximum Gasteiger partial charge on any atom is 0.313 e. The third-order valence-corrected chi connectivity index (χ3v) is 3.31. The Morgan fingerprint density at radius 2 is 2.21 bits per heavy atom. The summed E-state index contributed by atoms with van der Waals surface area (Å²) in [6.45, 7) is 1.85. The zero-order valence-corrected chi connectivity index (χ0v) is 10.7. The molecule has 0 saturated heterocycles. The van der Waals surface area contributed by atoms with Crippen LogP contribution < -0.4 is 16.0 Å². The standard InChI is InChI=1S/C14H15N3O2/c1-9-11(15)3-2-4-12(9)19-13-14(18)17(8-7-16-13)10-5-6-10/h2-4,7-8,10H,5-6,15H2,1H3. The monoisotopic (exact) mass is 257 g/mol. The van der Waals surface area contributed by atoms with Crippen molar-refractivity contribution in [3.63, 3.8) is 0 Å². The van der Waals surface area contributed by atoms with Crippen LogP contribution in [0.4, 0.5) is 5.69 Å². The molecule has 2 N–H and O–H groups in total. The second-order valence-electron chi connectivity index (χ2n) is 4.75. The van der Waals surface area contributed by atoms with E-state index < -0.39 is 0 Å². The molecule has 98 valence electrons. The number of hydrogen-bond donors (Lipinski definition) is 1. The molecule has 0 unspecified atom stereocenters. The van der Waals surface area contributed by atoms with Gasteiger partial charge in [0.15, 0.2) is 0 Å². The summed E-state index contributed by atoms with van der Waals surface area (Å²) in [5, 5.41) is 0. The number of hydrogen-bond acceptors (Lipinski definition) is 4. The van der Waals surface area contributed by atoms with Gasteiger partial charge >= 0.3 is 5.56 Å². The molecule has 1 aromatic carbocycles. The second-order valence-corrected chi connectivity index (χ2v) is 4.75. The van der Waals surface area contributed by atoms with Gasteiger partial charge in [-0.1, -0.05) is 6.07 Å². The van der Waals surface area contributed by atoms with Crippen molar-refractivity contribution in [2.75, 3.05) is 5.73 Å². The lowest BCUT2D eigenvalue weighted by Gasteiger charge is -2.10. The van der Waals surface area contributed by atoms with Gasteiger partial charge in [-0.15, -0.1) is 0 Å². The molecule has 0 amide bonds. The molecule has 2 aromatic rings. The largest absolute Gasteiger partial charge is 0.434 e. The maximum absolute atomic E-state index is 12.2. The first-order chi connectivity index (χ1) is 9.16. The molecule has 0 spiro atoms. The molecule has 0 aliphatic heterocycles. The highest BCUT2D eigenvalue weighted by atomic mass is 16.5. The Labute approximate surface area is 110 Å². The summed E-state index contributed by atoms with van der Waals surface area (Å²) in [6, 6.07) is 5.67. The van der Waals surface area contributed by atoms with Crippen LogP contribution in [0.5, 0.6) is 11.6 Å². The molecule has 0 atom stereocenters. The van der Waals surface area contributed by atoms with Crippen LogP contribution in [0, 0.1) is 6.92 Å². The van der Waals surface area contributed by atoms with Gasteiger partial charge in [-0.25, -0.2) is 4.98 Å². The van der Waals surface area contributed by atoms with Crippen LogP contribution in [0.15, 0.2) is 35.4 Å². The Bertz CT molecular complexity index is 675. The molecule has 1 heterocycles. The van der Waals surface area contributed by atoms with Crippen molar-refractivity contribution in [3.8, 4) is 11.6 Å². The normalized spacial score (nSPS) is 14.4. The highest BCUT2D eigenvalue weighted by Crippen LogP contribution is 2.33. The smallest absolute Gasteiger partial charge is 0.313 e. The average Bonchev–Trinajstić information content (AvgIpc) is 3.21. The van der Waals surface area contributed by atoms with Gasteiger partial charge in [0.1, 0.15) is 5.75 Å². The maximum atomic E-state index is 12.2. The molecule has 5 heteroatoms. The molecule has 5 nitrogen and oxygen atoms in total. The van der Waals surface area contributed by atoms with Crippen LogP contribution in [-0.2, 0) is 0 Å². The minimum atomic E-state index is -0.188. The lowest BCUT2D eigenvalue weighted by molar-refractivity contribution is 0.442. The molecule has 1 fully saturated rings. The van der Waals surface area contributed by atoms with Gasteiger partial charge in [0.05, 0.1) is 0 Å². The van der Waals surface area contributed by atoms with E-state index in [0.717, 1.165) is 18.4 Å². The number of nitrogens with zero attached hydrogens (tertiary/aromatic N) is 2. The molecular weight excluding hydrogens is 242 g/mol. The number of nitrogens with two attached hydrogens (primary N) is 1. The number of aromatic nitrogens is 2. The summed E-state index contributed by atoms with van der Waals surface area (Å²) in [5.41, 5.74) is 7.07. The Kier molecular flexibility index (Phi) is 2.74. The van der Waals surface area contributed by atoms with Gasteiger partial charge < -0.3 is 15.0 Å². The van der Waals surface area contributed by atoms with Crippen molar-refractivity contribution in [2.24, 2.45) is 0 Å². The summed E-state index contributed by atoms with van der Waals surface area (Å²) in [6.07, 6.45) is 5.39. The van der Waals surface area contributed by atoms with Crippen molar-refractivity contribution in [2.45, 2.75) is 25.8 Å². The van der Waals surface area contributed by atoms with Crippen LogP contribution in [0.3, 0.4) is 0 Å². The zero-order valence-electron chi connectivity index (χ0n) is 10.7. The summed E-state index contributed by atoms with van der Waals surface area (Å²) in [4.78, 5) is 16.2. The Balaban J connectivity index is 1.97. The number of benzene rings is 1. The minimum Gasteiger partial charge on any atom is -0.434 e. The van der Waals surface area contributed by atoms with Crippen LogP contribution in [0.1, 0.15) is 24.4 Å². The van der Waals surface area contributed by atoms with Crippen LogP contribution >= 0.6 is 0 Å². The van der Waals surface area contributed by atoms with E-state index in [9.17, 15) is 4.79 Å². The zero-order chi connectivity index (χ0) is 13.4. The number of ether oxygens (including phenoxy) is 1. The molecule has 0 radical (unpaired) electrons. The van der Waals surface area contributed by atoms with Gasteiger partial charge in [0.25, 0.3) is 5.88 Å². The Morgan fingerprint density at radius 3 is 2.95 bits per heavy atom. The molecular formula is C14H15N3O2. The fraction of sp³-hybridized carbons (Fsp3) is 0.286. The minimum absolute atomic E-state index is 0.100. The van der Waals surface area contributed by atoms with E-state index in [4.69, 9.17) is 10.5 Å². The average molecular weight is 257 g/mol. The van der Waals surface area contributed by atoms with Gasteiger partial charge in [-0.05, 0) is 31.9 Å². The molecule has 1 aromatic heterocycles. The number of anilines is 1. The summed E-state index contributed by atoms with van der Waals surface area (Å²) < 4.78 is 7.30. The van der Waals surface area contributed by atoms with E-state index in [2.05, 4.69) is 4.98 Å². The van der Waals surface area contributed by atoms with Crippen LogP contribution in [0.2, 0.25) is 0 Å². The SMILES string of the molecule is Cc1c(N)cccc1Oc1nccn(C2CC2)c1=O. The lowest BCUT2D eigenvalue weighted by Crippen LogP contribution is -2.20. The van der Waals surface area contributed by atoms with E-state index in [1.54, 1.807) is 35.2 Å². The van der Waals surface area contributed by atoms with Crippen LogP contribution in [-0.4, -0.2) is 9.55 Å². The third kappa shape index (κ3) is 2.19. The van der Waals surface area contributed by atoms with Crippen molar-refractivity contribution >= 4 is 5.69 Å².